The topological polar surface area (TPSA) is 71.1 Å². The third-order valence-corrected chi connectivity index (χ3v) is 7.15. The SMILES string of the molecule is Cc1ccccc1C(=O)Nc1ccc(SCC(=O)Nc2nc(-c3ccc(Cl)cc3Cl)cs2)cc1. The Balaban J connectivity index is 1.29. The average molecular weight is 528 g/mol. The summed E-state index contributed by atoms with van der Waals surface area (Å²) in [5.74, 6) is -0.0865. The van der Waals surface area contributed by atoms with Crippen LogP contribution in [0.25, 0.3) is 11.3 Å². The van der Waals surface area contributed by atoms with Gasteiger partial charge in [0.15, 0.2) is 5.13 Å². The first-order chi connectivity index (χ1) is 16.4. The minimum atomic E-state index is -0.162. The molecule has 1 heterocycles. The van der Waals surface area contributed by atoms with Crippen LogP contribution in [0.2, 0.25) is 10.0 Å². The van der Waals surface area contributed by atoms with Crippen LogP contribution in [0.1, 0.15) is 15.9 Å². The molecule has 1 aromatic heterocycles. The zero-order chi connectivity index (χ0) is 24.1. The van der Waals surface area contributed by atoms with Crippen molar-refractivity contribution in [3.05, 3.63) is 93.3 Å². The number of thiazole rings is 1. The van der Waals surface area contributed by atoms with Crippen molar-refractivity contribution in [1.82, 2.24) is 4.98 Å². The number of hydrogen-bond acceptors (Lipinski definition) is 5. The lowest BCUT2D eigenvalue weighted by molar-refractivity contribution is -0.113. The molecule has 9 heteroatoms. The smallest absolute Gasteiger partial charge is 0.255 e. The van der Waals surface area contributed by atoms with Crippen molar-refractivity contribution < 1.29 is 9.59 Å². The highest BCUT2D eigenvalue weighted by molar-refractivity contribution is 8.00. The number of carbonyl (C=O) groups is 2. The molecule has 2 N–H and O–H groups in total. The van der Waals surface area contributed by atoms with E-state index in [1.165, 1.54) is 23.1 Å². The number of amides is 2. The number of nitrogens with zero attached hydrogens (tertiary/aromatic N) is 1. The maximum absolute atomic E-state index is 12.4. The molecule has 34 heavy (non-hydrogen) atoms. The van der Waals surface area contributed by atoms with Gasteiger partial charge in [0.05, 0.1) is 16.5 Å². The van der Waals surface area contributed by atoms with E-state index in [1.807, 2.05) is 54.8 Å². The van der Waals surface area contributed by atoms with E-state index in [2.05, 4.69) is 15.6 Å². The molecule has 0 fully saturated rings. The zero-order valence-electron chi connectivity index (χ0n) is 18.0. The van der Waals surface area contributed by atoms with Crippen molar-refractivity contribution in [2.75, 3.05) is 16.4 Å². The van der Waals surface area contributed by atoms with Gasteiger partial charge in [-0.05, 0) is 61.0 Å². The molecule has 0 aliphatic heterocycles. The van der Waals surface area contributed by atoms with Crippen molar-refractivity contribution in [2.24, 2.45) is 0 Å². The molecule has 172 valence electrons. The first-order valence-electron chi connectivity index (χ1n) is 10.2. The lowest BCUT2D eigenvalue weighted by Crippen LogP contribution is -2.14. The van der Waals surface area contributed by atoms with E-state index in [0.717, 1.165) is 16.0 Å². The second kappa shape index (κ2) is 11.1. The monoisotopic (exact) mass is 527 g/mol. The Labute approximate surface area is 215 Å². The Morgan fingerprint density at radius 3 is 2.50 bits per heavy atom. The van der Waals surface area contributed by atoms with Crippen molar-refractivity contribution >= 4 is 68.9 Å². The van der Waals surface area contributed by atoms with Crippen LogP contribution in [0, 0.1) is 6.92 Å². The molecule has 2 amide bonds. The molecule has 0 bridgehead atoms. The molecular formula is C25H19Cl2N3O2S2. The third-order valence-electron chi connectivity index (χ3n) is 4.83. The number of nitrogens with one attached hydrogen (secondary N) is 2. The van der Waals surface area contributed by atoms with Gasteiger partial charge in [-0.3, -0.25) is 9.59 Å². The van der Waals surface area contributed by atoms with Gasteiger partial charge in [-0.1, -0.05) is 41.4 Å². The number of anilines is 2. The molecule has 0 aliphatic rings. The van der Waals surface area contributed by atoms with Gasteiger partial charge < -0.3 is 10.6 Å². The van der Waals surface area contributed by atoms with Crippen LogP contribution in [0.5, 0.6) is 0 Å². The normalized spacial score (nSPS) is 10.7. The van der Waals surface area contributed by atoms with Gasteiger partial charge in [0.1, 0.15) is 0 Å². The fourth-order valence-electron chi connectivity index (χ4n) is 3.12. The summed E-state index contributed by atoms with van der Waals surface area (Å²) in [6.07, 6.45) is 0. The summed E-state index contributed by atoms with van der Waals surface area (Å²) in [4.78, 5) is 30.2. The largest absolute Gasteiger partial charge is 0.322 e. The fourth-order valence-corrected chi connectivity index (χ4v) is 5.05. The number of carbonyl (C=O) groups excluding carboxylic acids is 2. The van der Waals surface area contributed by atoms with Crippen LogP contribution in [-0.2, 0) is 4.79 Å². The van der Waals surface area contributed by atoms with E-state index in [9.17, 15) is 9.59 Å². The molecule has 0 saturated carbocycles. The standard InChI is InChI=1S/C25H19Cl2N3O2S2/c1-15-4-2-3-5-19(15)24(32)28-17-7-9-18(10-8-17)33-14-23(31)30-25-29-22(13-34-25)20-11-6-16(26)12-21(20)27/h2-13H,14H2,1H3,(H,28,32)(H,29,30,31). The van der Waals surface area contributed by atoms with Crippen LogP contribution in [-0.4, -0.2) is 22.6 Å². The Morgan fingerprint density at radius 1 is 1.00 bits per heavy atom. The van der Waals surface area contributed by atoms with E-state index in [0.29, 0.717) is 32.1 Å². The molecule has 0 unspecified atom stereocenters. The van der Waals surface area contributed by atoms with Crippen molar-refractivity contribution in [1.29, 1.82) is 0 Å². The second-order valence-electron chi connectivity index (χ2n) is 7.29. The molecule has 0 saturated heterocycles. The average Bonchev–Trinajstić information content (AvgIpc) is 3.27. The number of aromatic nitrogens is 1. The summed E-state index contributed by atoms with van der Waals surface area (Å²) >= 11 is 14.9. The van der Waals surface area contributed by atoms with Crippen molar-refractivity contribution in [3.8, 4) is 11.3 Å². The molecule has 0 radical (unpaired) electrons. The molecule has 3 aromatic carbocycles. The maximum Gasteiger partial charge on any atom is 0.255 e. The number of benzene rings is 3. The highest BCUT2D eigenvalue weighted by atomic mass is 35.5. The Bertz CT molecular complexity index is 1340. The van der Waals surface area contributed by atoms with Crippen LogP contribution < -0.4 is 10.6 Å². The predicted molar refractivity (Wildman–Crippen MR) is 142 cm³/mol. The van der Waals surface area contributed by atoms with E-state index < -0.39 is 0 Å². The van der Waals surface area contributed by atoms with E-state index in [1.54, 1.807) is 24.3 Å². The summed E-state index contributed by atoms with van der Waals surface area (Å²) in [7, 11) is 0. The summed E-state index contributed by atoms with van der Waals surface area (Å²) in [5.41, 5.74) is 3.69. The first-order valence-corrected chi connectivity index (χ1v) is 12.8. The van der Waals surface area contributed by atoms with E-state index in [-0.39, 0.29) is 17.6 Å². The van der Waals surface area contributed by atoms with Crippen molar-refractivity contribution in [2.45, 2.75) is 11.8 Å². The minimum absolute atomic E-state index is 0.152. The minimum Gasteiger partial charge on any atom is -0.322 e. The van der Waals surface area contributed by atoms with E-state index >= 15 is 0 Å². The molecular weight excluding hydrogens is 509 g/mol. The number of rotatable bonds is 7. The first kappa shape index (κ1) is 24.3. The van der Waals surface area contributed by atoms with Gasteiger partial charge in [-0.15, -0.1) is 23.1 Å². The number of thioether (sulfide) groups is 1. The molecule has 4 aromatic rings. The predicted octanol–water partition coefficient (Wildman–Crippen LogP) is 7.41. The molecule has 4 rings (SSSR count). The molecule has 0 atom stereocenters. The van der Waals surface area contributed by atoms with Gasteiger partial charge in [-0.2, -0.15) is 0 Å². The second-order valence-corrected chi connectivity index (χ2v) is 10.0. The Morgan fingerprint density at radius 2 is 1.76 bits per heavy atom. The third kappa shape index (κ3) is 6.18. The van der Waals surface area contributed by atoms with E-state index in [4.69, 9.17) is 23.2 Å². The quantitative estimate of drug-likeness (QED) is 0.245. The van der Waals surface area contributed by atoms with Crippen LogP contribution in [0.3, 0.4) is 0 Å². The summed E-state index contributed by atoms with van der Waals surface area (Å²) in [6, 6.07) is 20.0. The Kier molecular flexibility index (Phi) is 7.90. The highest BCUT2D eigenvalue weighted by Gasteiger charge is 2.12. The summed E-state index contributed by atoms with van der Waals surface area (Å²) in [6.45, 7) is 1.90. The molecule has 0 aliphatic carbocycles. The van der Waals surface area contributed by atoms with Gasteiger partial charge >= 0.3 is 0 Å². The fraction of sp³-hybridized carbons (Fsp3) is 0.0800. The highest BCUT2D eigenvalue weighted by Crippen LogP contribution is 2.32. The number of aryl methyl sites for hydroxylation is 1. The van der Waals surface area contributed by atoms with Gasteiger partial charge in [-0.25, -0.2) is 4.98 Å². The number of hydrogen-bond donors (Lipinski definition) is 2. The van der Waals surface area contributed by atoms with Crippen LogP contribution >= 0.6 is 46.3 Å². The number of halogens is 2. The lowest BCUT2D eigenvalue weighted by atomic mass is 10.1. The molecule has 5 nitrogen and oxygen atoms in total. The lowest BCUT2D eigenvalue weighted by Gasteiger charge is -2.08. The van der Waals surface area contributed by atoms with Crippen LogP contribution in [0.15, 0.2) is 77.0 Å². The summed E-state index contributed by atoms with van der Waals surface area (Å²) in [5, 5.41) is 9.10. The van der Waals surface area contributed by atoms with Crippen molar-refractivity contribution in [3.63, 3.8) is 0 Å². The molecule has 0 spiro atoms. The van der Waals surface area contributed by atoms with Gasteiger partial charge in [0, 0.05) is 32.1 Å². The van der Waals surface area contributed by atoms with Gasteiger partial charge in [0.25, 0.3) is 5.91 Å². The maximum atomic E-state index is 12.4. The van der Waals surface area contributed by atoms with Gasteiger partial charge in [0.2, 0.25) is 5.91 Å². The summed E-state index contributed by atoms with van der Waals surface area (Å²) < 4.78 is 0. The Hall–Kier alpha value is -2.84. The van der Waals surface area contributed by atoms with Crippen LogP contribution in [0.4, 0.5) is 10.8 Å². The zero-order valence-corrected chi connectivity index (χ0v) is 21.1.